The molecule has 0 aliphatic carbocycles. The highest BCUT2D eigenvalue weighted by molar-refractivity contribution is 6.00. The summed E-state index contributed by atoms with van der Waals surface area (Å²) in [6, 6.07) is 15.1. The lowest BCUT2D eigenvalue weighted by Crippen LogP contribution is -2.19. The molecule has 0 spiro atoms. The van der Waals surface area contributed by atoms with Crippen LogP contribution in [-0.2, 0) is 6.42 Å². The predicted octanol–water partition coefficient (Wildman–Crippen LogP) is 3.41. The number of carbonyl (C=O) groups is 1. The number of rotatable bonds is 5. The van der Waals surface area contributed by atoms with Crippen LogP contribution in [0, 0.1) is 0 Å². The first-order valence-corrected chi connectivity index (χ1v) is 7.22. The monoisotopic (exact) mass is 296 g/mol. The highest BCUT2D eigenvalue weighted by Gasteiger charge is 2.06. The Labute approximate surface area is 130 Å². The normalized spacial score (nSPS) is 11.1. The van der Waals surface area contributed by atoms with E-state index in [9.17, 15) is 4.79 Å². The molecule has 0 radical (unpaired) electrons. The summed E-state index contributed by atoms with van der Waals surface area (Å²) in [4.78, 5) is 12.1. The van der Waals surface area contributed by atoms with Gasteiger partial charge in [0, 0.05) is 5.56 Å². The third kappa shape index (κ3) is 3.95. The first-order valence-electron chi connectivity index (χ1n) is 7.22. The first-order chi connectivity index (χ1) is 10.6. The Balaban J connectivity index is 2.07. The van der Waals surface area contributed by atoms with Gasteiger partial charge in [0.1, 0.15) is 5.75 Å². The van der Waals surface area contributed by atoms with Crippen molar-refractivity contribution in [3.63, 3.8) is 0 Å². The molecule has 1 amide bonds. The Hall–Kier alpha value is -2.62. The number of nitrogens with one attached hydrogen (secondary N) is 1. The van der Waals surface area contributed by atoms with Crippen LogP contribution in [0.5, 0.6) is 5.75 Å². The number of methoxy groups -OCH3 is 1. The largest absolute Gasteiger partial charge is 0.497 e. The minimum absolute atomic E-state index is 0.261. The maximum Gasteiger partial charge on any atom is 0.271 e. The maximum absolute atomic E-state index is 12.1. The quantitative estimate of drug-likeness (QED) is 0.679. The van der Waals surface area contributed by atoms with Crippen LogP contribution < -0.4 is 10.2 Å². The lowest BCUT2D eigenvalue weighted by atomic mass is 10.1. The molecule has 114 valence electrons. The number of hydrogen-bond donors (Lipinski definition) is 1. The summed E-state index contributed by atoms with van der Waals surface area (Å²) >= 11 is 0. The average Bonchev–Trinajstić information content (AvgIpc) is 2.59. The second-order valence-corrected chi connectivity index (χ2v) is 4.92. The van der Waals surface area contributed by atoms with Gasteiger partial charge in [0.05, 0.1) is 12.8 Å². The summed E-state index contributed by atoms with van der Waals surface area (Å²) in [7, 11) is 1.57. The zero-order valence-corrected chi connectivity index (χ0v) is 13.1. The molecule has 4 heteroatoms. The predicted molar refractivity (Wildman–Crippen MR) is 88.5 cm³/mol. The summed E-state index contributed by atoms with van der Waals surface area (Å²) in [5.41, 5.74) is 6.11. The van der Waals surface area contributed by atoms with Gasteiger partial charge in [0.2, 0.25) is 0 Å². The number of amides is 1. The number of ether oxygens (including phenoxy) is 1. The molecular formula is C18H20N2O2. The SMILES string of the molecule is CCc1ccc(C(C)=NNC(=O)c2cccc(OC)c2)cc1. The zero-order valence-electron chi connectivity index (χ0n) is 13.1. The molecule has 0 bridgehead atoms. The summed E-state index contributed by atoms with van der Waals surface area (Å²) in [6.07, 6.45) is 1.00. The van der Waals surface area contributed by atoms with Crippen LogP contribution in [0.3, 0.4) is 0 Å². The van der Waals surface area contributed by atoms with Gasteiger partial charge in [-0.05, 0) is 42.7 Å². The molecule has 2 rings (SSSR count). The highest BCUT2D eigenvalue weighted by Crippen LogP contribution is 2.12. The molecule has 0 unspecified atom stereocenters. The van der Waals surface area contributed by atoms with Crippen molar-refractivity contribution in [1.29, 1.82) is 0 Å². The Kier molecular flexibility index (Phi) is 5.31. The Bertz CT molecular complexity index is 676. The topological polar surface area (TPSA) is 50.7 Å². The van der Waals surface area contributed by atoms with E-state index in [1.807, 2.05) is 19.1 Å². The first kappa shape index (κ1) is 15.8. The van der Waals surface area contributed by atoms with Gasteiger partial charge in [-0.15, -0.1) is 0 Å². The molecule has 0 fully saturated rings. The molecule has 1 N–H and O–H groups in total. The minimum atomic E-state index is -0.261. The van der Waals surface area contributed by atoms with E-state index in [2.05, 4.69) is 29.6 Å². The third-order valence-electron chi connectivity index (χ3n) is 3.44. The van der Waals surface area contributed by atoms with E-state index in [1.54, 1.807) is 31.4 Å². The van der Waals surface area contributed by atoms with Gasteiger partial charge < -0.3 is 4.74 Å². The van der Waals surface area contributed by atoms with Gasteiger partial charge >= 0.3 is 0 Å². The van der Waals surface area contributed by atoms with Crippen LogP contribution in [0.1, 0.15) is 35.3 Å². The number of hydrogen-bond acceptors (Lipinski definition) is 3. The van der Waals surface area contributed by atoms with Gasteiger partial charge in [-0.25, -0.2) is 5.43 Å². The van der Waals surface area contributed by atoms with Crippen LogP contribution in [0.4, 0.5) is 0 Å². The van der Waals surface area contributed by atoms with Gasteiger partial charge in [-0.2, -0.15) is 5.10 Å². The number of carbonyl (C=O) groups excluding carboxylic acids is 1. The van der Waals surface area contributed by atoms with Gasteiger partial charge in [-0.3, -0.25) is 4.79 Å². The van der Waals surface area contributed by atoms with Crippen molar-refractivity contribution in [1.82, 2.24) is 5.43 Å². The van der Waals surface area contributed by atoms with E-state index in [0.29, 0.717) is 11.3 Å². The van der Waals surface area contributed by atoms with Crippen molar-refractivity contribution in [2.24, 2.45) is 5.10 Å². The average molecular weight is 296 g/mol. The van der Waals surface area contributed by atoms with E-state index in [4.69, 9.17) is 4.74 Å². The Morgan fingerprint density at radius 3 is 2.50 bits per heavy atom. The summed E-state index contributed by atoms with van der Waals surface area (Å²) < 4.78 is 5.11. The van der Waals surface area contributed by atoms with Crippen molar-refractivity contribution in [2.75, 3.05) is 7.11 Å². The van der Waals surface area contributed by atoms with Gasteiger partial charge in [-0.1, -0.05) is 37.3 Å². The molecule has 4 nitrogen and oxygen atoms in total. The van der Waals surface area contributed by atoms with Crippen LogP contribution in [-0.4, -0.2) is 18.7 Å². The van der Waals surface area contributed by atoms with Crippen molar-refractivity contribution in [2.45, 2.75) is 20.3 Å². The second-order valence-electron chi connectivity index (χ2n) is 4.92. The molecule has 2 aromatic rings. The molecule has 0 saturated heterocycles. The maximum atomic E-state index is 12.1. The van der Waals surface area contributed by atoms with Crippen LogP contribution in [0.25, 0.3) is 0 Å². The molecule has 0 atom stereocenters. The minimum Gasteiger partial charge on any atom is -0.497 e. The van der Waals surface area contributed by atoms with Crippen LogP contribution in [0.15, 0.2) is 53.6 Å². The molecular weight excluding hydrogens is 276 g/mol. The fourth-order valence-corrected chi connectivity index (χ4v) is 2.01. The van der Waals surface area contributed by atoms with E-state index >= 15 is 0 Å². The van der Waals surface area contributed by atoms with Crippen molar-refractivity contribution < 1.29 is 9.53 Å². The molecule has 2 aromatic carbocycles. The van der Waals surface area contributed by atoms with Crippen molar-refractivity contribution >= 4 is 11.6 Å². The Morgan fingerprint density at radius 2 is 1.86 bits per heavy atom. The van der Waals surface area contributed by atoms with E-state index < -0.39 is 0 Å². The Morgan fingerprint density at radius 1 is 1.14 bits per heavy atom. The summed E-state index contributed by atoms with van der Waals surface area (Å²) in [5.74, 6) is 0.381. The van der Waals surface area contributed by atoms with Crippen molar-refractivity contribution in [3.05, 3.63) is 65.2 Å². The zero-order chi connectivity index (χ0) is 15.9. The van der Waals surface area contributed by atoms with Gasteiger partial charge in [0.15, 0.2) is 0 Å². The van der Waals surface area contributed by atoms with Crippen LogP contribution >= 0.6 is 0 Å². The lowest BCUT2D eigenvalue weighted by molar-refractivity contribution is 0.0954. The second kappa shape index (κ2) is 7.41. The number of aryl methyl sites for hydroxylation is 1. The molecule has 0 aromatic heterocycles. The van der Waals surface area contributed by atoms with Crippen LogP contribution in [0.2, 0.25) is 0 Å². The third-order valence-corrected chi connectivity index (χ3v) is 3.44. The molecule has 0 aliphatic rings. The van der Waals surface area contributed by atoms with E-state index in [1.165, 1.54) is 5.56 Å². The molecule has 22 heavy (non-hydrogen) atoms. The van der Waals surface area contributed by atoms with Gasteiger partial charge in [0.25, 0.3) is 5.91 Å². The van der Waals surface area contributed by atoms with Crippen molar-refractivity contribution in [3.8, 4) is 5.75 Å². The summed E-state index contributed by atoms with van der Waals surface area (Å²) in [6.45, 7) is 3.98. The van der Waals surface area contributed by atoms with E-state index in [-0.39, 0.29) is 5.91 Å². The molecule has 0 saturated carbocycles. The lowest BCUT2D eigenvalue weighted by Gasteiger charge is -2.05. The highest BCUT2D eigenvalue weighted by atomic mass is 16.5. The van der Waals surface area contributed by atoms with E-state index in [0.717, 1.165) is 17.7 Å². The molecule has 0 heterocycles. The number of benzene rings is 2. The standard InChI is InChI=1S/C18H20N2O2/c1-4-14-8-10-15(11-9-14)13(2)19-20-18(21)16-6-5-7-17(12-16)22-3/h5-12H,4H2,1-3H3,(H,20,21). The number of hydrazone groups is 1. The molecule has 0 aliphatic heterocycles. The fourth-order valence-electron chi connectivity index (χ4n) is 2.01. The smallest absolute Gasteiger partial charge is 0.271 e. The fraction of sp³-hybridized carbons (Fsp3) is 0.222. The summed E-state index contributed by atoms with van der Waals surface area (Å²) in [5, 5.41) is 4.16. The number of nitrogens with zero attached hydrogens (tertiary/aromatic N) is 1.